The molecule has 1 amide bonds. The molecule has 174 valence electrons. The van der Waals surface area contributed by atoms with E-state index in [0.717, 1.165) is 4.31 Å². The Morgan fingerprint density at radius 2 is 1.50 bits per heavy atom. The maximum atomic E-state index is 12.4. The Hall–Kier alpha value is -3.31. The van der Waals surface area contributed by atoms with Gasteiger partial charge in [0.25, 0.3) is 5.91 Å². The number of methoxy groups -OCH3 is 3. The van der Waals surface area contributed by atoms with Crippen molar-refractivity contribution in [2.75, 3.05) is 47.3 Å². The molecule has 2 rings (SSSR count). The van der Waals surface area contributed by atoms with Crippen LogP contribution in [0.5, 0.6) is 17.2 Å². The second kappa shape index (κ2) is 10.3. The molecule has 0 radical (unpaired) electrons. The van der Waals surface area contributed by atoms with Crippen LogP contribution in [0.4, 0.5) is 5.69 Å². The Morgan fingerprint density at radius 3 is 2.00 bits per heavy atom. The van der Waals surface area contributed by atoms with Gasteiger partial charge in [-0.1, -0.05) is 0 Å². The molecule has 0 saturated heterocycles. The normalized spacial score (nSPS) is 11.1. The maximum Gasteiger partial charge on any atom is 0.338 e. The molecule has 0 unspecified atom stereocenters. The topological polar surface area (TPSA) is 120 Å². The van der Waals surface area contributed by atoms with Crippen molar-refractivity contribution in [1.82, 2.24) is 4.31 Å². The number of hydrogen-bond acceptors (Lipinski definition) is 8. The predicted octanol–water partition coefficient (Wildman–Crippen LogP) is 2.07. The van der Waals surface area contributed by atoms with Crippen LogP contribution >= 0.6 is 0 Å². The Kier molecular flexibility index (Phi) is 8.06. The lowest BCUT2D eigenvalue weighted by Crippen LogP contribution is -2.23. The lowest BCUT2D eigenvalue weighted by Gasteiger charge is -2.15. The van der Waals surface area contributed by atoms with Crippen LogP contribution in [0.15, 0.2) is 35.2 Å². The van der Waals surface area contributed by atoms with E-state index in [9.17, 15) is 18.0 Å². The molecule has 11 heteroatoms. The van der Waals surface area contributed by atoms with Crippen molar-refractivity contribution in [2.24, 2.45) is 0 Å². The number of carbonyl (C=O) groups excluding carboxylic acids is 2. The molecule has 0 bridgehead atoms. The van der Waals surface area contributed by atoms with E-state index in [0.29, 0.717) is 17.1 Å². The van der Waals surface area contributed by atoms with Crippen molar-refractivity contribution in [3.8, 4) is 17.2 Å². The monoisotopic (exact) mass is 466 g/mol. The standard InChI is InChI=1S/C21H26N2O8S/c1-13-18(29-5)9-14(10-19(13)30-6)21(25)31-12-20(24)22-16-11-15(7-8-17(16)28-4)32(26,27)23(2)3/h7-11H,12H2,1-6H3,(H,22,24). The minimum absolute atomic E-state index is 0.0329. The quantitative estimate of drug-likeness (QED) is 0.558. The first-order valence-corrected chi connectivity index (χ1v) is 10.8. The minimum atomic E-state index is -3.72. The van der Waals surface area contributed by atoms with Crippen molar-refractivity contribution < 1.29 is 37.0 Å². The van der Waals surface area contributed by atoms with Gasteiger partial charge < -0.3 is 24.3 Å². The summed E-state index contributed by atoms with van der Waals surface area (Å²) in [7, 11) is 3.37. The van der Waals surface area contributed by atoms with Crippen LogP contribution in [0.3, 0.4) is 0 Å². The van der Waals surface area contributed by atoms with Gasteiger partial charge >= 0.3 is 5.97 Å². The Labute approximate surface area is 187 Å². The number of benzene rings is 2. The van der Waals surface area contributed by atoms with E-state index >= 15 is 0 Å². The molecule has 0 aromatic heterocycles. The van der Waals surface area contributed by atoms with Crippen LogP contribution in [0, 0.1) is 6.92 Å². The fourth-order valence-corrected chi connectivity index (χ4v) is 3.69. The minimum Gasteiger partial charge on any atom is -0.496 e. The number of ether oxygens (including phenoxy) is 4. The average Bonchev–Trinajstić information content (AvgIpc) is 2.77. The molecule has 0 heterocycles. The summed E-state index contributed by atoms with van der Waals surface area (Å²) in [5.74, 6) is -0.320. The van der Waals surface area contributed by atoms with E-state index in [1.807, 2.05) is 0 Å². The highest BCUT2D eigenvalue weighted by Gasteiger charge is 2.21. The zero-order valence-corrected chi connectivity index (χ0v) is 19.5. The van der Waals surface area contributed by atoms with Crippen molar-refractivity contribution in [3.05, 3.63) is 41.5 Å². The van der Waals surface area contributed by atoms with Crippen LogP contribution in [0.25, 0.3) is 0 Å². The zero-order chi connectivity index (χ0) is 24.1. The molecule has 0 fully saturated rings. The number of sulfonamides is 1. The first-order valence-electron chi connectivity index (χ1n) is 9.35. The number of amides is 1. The highest BCUT2D eigenvalue weighted by Crippen LogP contribution is 2.30. The number of nitrogens with zero attached hydrogens (tertiary/aromatic N) is 1. The summed E-state index contributed by atoms with van der Waals surface area (Å²) in [6, 6.07) is 7.02. The van der Waals surface area contributed by atoms with E-state index in [-0.39, 0.29) is 21.9 Å². The average molecular weight is 467 g/mol. The van der Waals surface area contributed by atoms with Gasteiger partial charge in [-0.3, -0.25) is 4.79 Å². The van der Waals surface area contributed by atoms with Crippen molar-refractivity contribution in [3.63, 3.8) is 0 Å². The number of nitrogens with one attached hydrogen (secondary N) is 1. The summed E-state index contributed by atoms with van der Waals surface area (Å²) in [6.07, 6.45) is 0. The molecule has 2 aromatic carbocycles. The summed E-state index contributed by atoms with van der Waals surface area (Å²) in [6.45, 7) is 1.17. The highest BCUT2D eigenvalue weighted by atomic mass is 32.2. The molecule has 2 aromatic rings. The van der Waals surface area contributed by atoms with E-state index in [1.54, 1.807) is 6.92 Å². The molecule has 0 spiro atoms. The molecule has 0 aliphatic heterocycles. The first-order chi connectivity index (χ1) is 15.0. The summed E-state index contributed by atoms with van der Waals surface area (Å²) in [4.78, 5) is 24.7. The lowest BCUT2D eigenvalue weighted by molar-refractivity contribution is -0.119. The van der Waals surface area contributed by atoms with Crippen molar-refractivity contribution in [2.45, 2.75) is 11.8 Å². The van der Waals surface area contributed by atoms with Gasteiger partial charge in [0.1, 0.15) is 17.2 Å². The van der Waals surface area contributed by atoms with E-state index < -0.39 is 28.5 Å². The third-order valence-corrected chi connectivity index (χ3v) is 6.36. The van der Waals surface area contributed by atoms with Crippen LogP contribution < -0.4 is 19.5 Å². The third-order valence-electron chi connectivity index (χ3n) is 4.55. The lowest BCUT2D eigenvalue weighted by atomic mass is 10.1. The molecule has 0 saturated carbocycles. The van der Waals surface area contributed by atoms with Crippen LogP contribution in [0.2, 0.25) is 0 Å². The molecule has 1 N–H and O–H groups in total. The summed E-state index contributed by atoms with van der Waals surface area (Å²) in [5.41, 5.74) is 0.979. The van der Waals surface area contributed by atoms with Crippen LogP contribution in [0.1, 0.15) is 15.9 Å². The van der Waals surface area contributed by atoms with Gasteiger partial charge in [-0.05, 0) is 37.3 Å². The summed E-state index contributed by atoms with van der Waals surface area (Å²) in [5, 5.41) is 2.50. The number of anilines is 1. The number of hydrogen-bond donors (Lipinski definition) is 1. The molecular weight excluding hydrogens is 440 g/mol. The number of esters is 1. The second-order valence-corrected chi connectivity index (χ2v) is 8.93. The SMILES string of the molecule is COc1ccc(S(=O)(=O)N(C)C)cc1NC(=O)COC(=O)c1cc(OC)c(C)c(OC)c1. The van der Waals surface area contributed by atoms with Crippen LogP contribution in [-0.4, -0.2) is 66.6 Å². The number of rotatable bonds is 9. The van der Waals surface area contributed by atoms with Gasteiger partial charge in [-0.15, -0.1) is 0 Å². The maximum absolute atomic E-state index is 12.4. The summed E-state index contributed by atoms with van der Waals surface area (Å²) < 4.78 is 46.5. The fraction of sp³-hybridized carbons (Fsp3) is 0.333. The molecule has 0 atom stereocenters. The zero-order valence-electron chi connectivity index (χ0n) is 18.7. The second-order valence-electron chi connectivity index (χ2n) is 6.78. The Morgan fingerprint density at radius 1 is 0.938 bits per heavy atom. The summed E-state index contributed by atoms with van der Waals surface area (Å²) >= 11 is 0. The highest BCUT2D eigenvalue weighted by molar-refractivity contribution is 7.89. The smallest absolute Gasteiger partial charge is 0.338 e. The van der Waals surface area contributed by atoms with Crippen LogP contribution in [-0.2, 0) is 19.6 Å². The van der Waals surface area contributed by atoms with Crippen molar-refractivity contribution >= 4 is 27.6 Å². The molecule has 32 heavy (non-hydrogen) atoms. The Balaban J connectivity index is 2.16. The predicted molar refractivity (Wildman–Crippen MR) is 117 cm³/mol. The van der Waals surface area contributed by atoms with E-state index in [2.05, 4.69) is 5.32 Å². The largest absolute Gasteiger partial charge is 0.496 e. The molecule has 0 aliphatic rings. The van der Waals surface area contributed by atoms with E-state index in [4.69, 9.17) is 18.9 Å². The first kappa shape index (κ1) is 25.0. The van der Waals surface area contributed by atoms with Gasteiger partial charge in [0.05, 0.1) is 37.5 Å². The molecular formula is C21H26N2O8S. The fourth-order valence-electron chi connectivity index (χ4n) is 2.76. The van der Waals surface area contributed by atoms with Gasteiger partial charge in [-0.2, -0.15) is 0 Å². The van der Waals surface area contributed by atoms with Gasteiger partial charge in [0.15, 0.2) is 6.61 Å². The van der Waals surface area contributed by atoms with Gasteiger partial charge in [-0.25, -0.2) is 17.5 Å². The Bertz CT molecular complexity index is 1090. The molecule has 10 nitrogen and oxygen atoms in total. The van der Waals surface area contributed by atoms with E-state index in [1.165, 1.54) is 65.8 Å². The van der Waals surface area contributed by atoms with Crippen molar-refractivity contribution in [1.29, 1.82) is 0 Å². The third kappa shape index (κ3) is 5.48. The van der Waals surface area contributed by atoms with Gasteiger partial charge in [0.2, 0.25) is 10.0 Å². The number of carbonyl (C=O) groups is 2. The molecule has 0 aliphatic carbocycles. The van der Waals surface area contributed by atoms with Gasteiger partial charge in [0, 0.05) is 19.7 Å².